The molecule has 12 heavy (non-hydrogen) atoms. The first-order chi connectivity index (χ1) is 5.75. The van der Waals surface area contributed by atoms with Gasteiger partial charge in [-0.3, -0.25) is 0 Å². The minimum absolute atomic E-state index is 0.142. The van der Waals surface area contributed by atoms with Crippen LogP contribution in [-0.4, -0.2) is 15.2 Å². The van der Waals surface area contributed by atoms with Gasteiger partial charge in [0, 0.05) is 0 Å². The third kappa shape index (κ3) is 2.01. The number of nitriles is 1. The third-order valence-corrected chi connectivity index (χ3v) is 2.51. The molecule has 1 aromatic carbocycles. The van der Waals surface area contributed by atoms with Gasteiger partial charge in [-0.1, -0.05) is 0 Å². The van der Waals surface area contributed by atoms with Crippen molar-refractivity contribution in [1.82, 2.24) is 0 Å². The van der Waals surface area contributed by atoms with Gasteiger partial charge < -0.3 is 0 Å². The SMILES string of the molecule is Cc1cccc(C)c1N[Se]C#N. The van der Waals surface area contributed by atoms with E-state index in [1.807, 2.05) is 32.0 Å². The second-order valence-corrected chi connectivity index (χ2v) is 3.80. The van der Waals surface area contributed by atoms with Crippen molar-refractivity contribution >= 4 is 20.9 Å². The summed E-state index contributed by atoms with van der Waals surface area (Å²) < 4.78 is 3.13. The molecule has 0 aliphatic carbocycles. The van der Waals surface area contributed by atoms with Crippen LogP contribution >= 0.6 is 0 Å². The van der Waals surface area contributed by atoms with Crippen molar-refractivity contribution in [1.29, 1.82) is 5.26 Å². The molecule has 0 fully saturated rings. The second kappa shape index (κ2) is 4.15. The summed E-state index contributed by atoms with van der Waals surface area (Å²) in [6.45, 7) is 4.09. The Morgan fingerprint density at radius 3 is 2.42 bits per heavy atom. The van der Waals surface area contributed by atoms with Gasteiger partial charge in [0.2, 0.25) is 0 Å². The minimum atomic E-state index is -0.142. The Morgan fingerprint density at radius 2 is 1.92 bits per heavy atom. The molecule has 0 amide bonds. The normalized spacial score (nSPS) is 9.08. The molecule has 0 unspecified atom stereocenters. The zero-order valence-electron chi connectivity index (χ0n) is 7.09. The van der Waals surface area contributed by atoms with Crippen molar-refractivity contribution in [2.45, 2.75) is 13.8 Å². The fourth-order valence-electron chi connectivity index (χ4n) is 1.05. The van der Waals surface area contributed by atoms with Crippen LogP contribution in [0.15, 0.2) is 18.2 Å². The summed E-state index contributed by atoms with van der Waals surface area (Å²) in [4.78, 5) is 2.12. The summed E-state index contributed by atoms with van der Waals surface area (Å²) in [6, 6.07) is 6.11. The number of hydrogen-bond acceptors (Lipinski definition) is 2. The molecule has 0 aliphatic rings. The third-order valence-electron chi connectivity index (χ3n) is 1.68. The molecule has 1 aromatic rings. The van der Waals surface area contributed by atoms with Gasteiger partial charge in [-0.2, -0.15) is 0 Å². The molecule has 0 aliphatic heterocycles. The molecule has 0 heterocycles. The molecule has 0 spiro atoms. The first-order valence-electron chi connectivity index (χ1n) is 3.63. The first-order valence-corrected chi connectivity index (χ1v) is 5.34. The molecule has 0 radical (unpaired) electrons. The van der Waals surface area contributed by atoms with Crippen LogP contribution in [0.2, 0.25) is 0 Å². The number of anilines is 1. The van der Waals surface area contributed by atoms with Crippen LogP contribution in [0.1, 0.15) is 11.1 Å². The van der Waals surface area contributed by atoms with Crippen LogP contribution in [0, 0.1) is 24.1 Å². The first kappa shape index (κ1) is 9.12. The summed E-state index contributed by atoms with van der Waals surface area (Å²) >= 11 is -0.142. The maximum absolute atomic E-state index is 8.42. The number of aryl methyl sites for hydroxylation is 2. The number of nitrogens with one attached hydrogen (secondary N) is 1. The predicted molar refractivity (Wildman–Crippen MR) is 50.9 cm³/mol. The Hall–Kier alpha value is -0.971. The Bertz CT molecular complexity index is 295. The summed E-state index contributed by atoms with van der Waals surface area (Å²) in [5.41, 5.74) is 3.51. The molecule has 62 valence electrons. The van der Waals surface area contributed by atoms with Crippen molar-refractivity contribution in [3.8, 4) is 4.97 Å². The van der Waals surface area contributed by atoms with Crippen molar-refractivity contribution in [3.05, 3.63) is 29.3 Å². The van der Waals surface area contributed by atoms with E-state index < -0.39 is 0 Å². The van der Waals surface area contributed by atoms with E-state index in [-0.39, 0.29) is 15.2 Å². The number of nitrogens with zero attached hydrogens (tertiary/aromatic N) is 1. The molecule has 0 aromatic heterocycles. The monoisotopic (exact) mass is 226 g/mol. The Kier molecular flexibility index (Phi) is 3.16. The van der Waals surface area contributed by atoms with Crippen LogP contribution in [-0.2, 0) is 0 Å². The van der Waals surface area contributed by atoms with Gasteiger partial charge in [0.1, 0.15) is 0 Å². The van der Waals surface area contributed by atoms with Gasteiger partial charge in [0.05, 0.1) is 0 Å². The number of rotatable bonds is 2. The van der Waals surface area contributed by atoms with E-state index >= 15 is 0 Å². The van der Waals surface area contributed by atoms with Crippen LogP contribution in [0.5, 0.6) is 0 Å². The zero-order chi connectivity index (χ0) is 8.97. The standard InChI is InChI=1S/C9H10N2Se/c1-7-4-3-5-8(2)9(7)11-12-6-10/h3-5,11H,1-2H3. The molecule has 1 N–H and O–H groups in total. The number of benzene rings is 1. The fraction of sp³-hybridized carbons (Fsp3) is 0.222. The second-order valence-electron chi connectivity index (χ2n) is 2.56. The fourth-order valence-corrected chi connectivity index (χ4v) is 2.03. The summed E-state index contributed by atoms with van der Waals surface area (Å²) in [5, 5.41) is 8.42. The van der Waals surface area contributed by atoms with Gasteiger partial charge in [-0.15, -0.1) is 0 Å². The van der Waals surface area contributed by atoms with E-state index in [1.165, 1.54) is 11.1 Å². The summed E-state index contributed by atoms with van der Waals surface area (Å²) in [6.07, 6.45) is 0. The molecule has 1 rings (SSSR count). The topological polar surface area (TPSA) is 35.8 Å². The van der Waals surface area contributed by atoms with Crippen molar-refractivity contribution in [2.75, 3.05) is 4.33 Å². The average Bonchev–Trinajstić information content (AvgIpc) is 2.04. The van der Waals surface area contributed by atoms with Crippen LogP contribution < -0.4 is 4.33 Å². The Labute approximate surface area is 79.0 Å². The van der Waals surface area contributed by atoms with Gasteiger partial charge >= 0.3 is 78.6 Å². The van der Waals surface area contributed by atoms with Gasteiger partial charge in [0.25, 0.3) is 0 Å². The van der Waals surface area contributed by atoms with Crippen LogP contribution in [0.25, 0.3) is 0 Å². The molecule has 0 saturated heterocycles. The average molecular weight is 225 g/mol. The molecule has 2 nitrogen and oxygen atoms in total. The van der Waals surface area contributed by atoms with Crippen molar-refractivity contribution < 1.29 is 0 Å². The molecule has 0 atom stereocenters. The predicted octanol–water partition coefficient (Wildman–Crippen LogP) is 1.82. The van der Waals surface area contributed by atoms with E-state index in [9.17, 15) is 0 Å². The van der Waals surface area contributed by atoms with E-state index in [4.69, 9.17) is 5.26 Å². The number of hydrogen-bond donors (Lipinski definition) is 1. The molecular weight excluding hydrogens is 215 g/mol. The van der Waals surface area contributed by atoms with E-state index in [0.717, 1.165) is 5.69 Å². The van der Waals surface area contributed by atoms with Crippen molar-refractivity contribution in [2.24, 2.45) is 0 Å². The Balaban J connectivity index is 2.90. The molecule has 0 saturated carbocycles. The zero-order valence-corrected chi connectivity index (χ0v) is 8.80. The van der Waals surface area contributed by atoms with Gasteiger partial charge in [-0.05, 0) is 0 Å². The van der Waals surface area contributed by atoms with Crippen LogP contribution in [0.3, 0.4) is 0 Å². The molecule has 0 bridgehead atoms. The summed E-state index contributed by atoms with van der Waals surface area (Å²) in [7, 11) is 0. The molecule has 3 heteroatoms. The van der Waals surface area contributed by atoms with Crippen LogP contribution in [0.4, 0.5) is 5.69 Å². The van der Waals surface area contributed by atoms with E-state index in [2.05, 4.69) is 9.30 Å². The Morgan fingerprint density at radius 1 is 1.33 bits per heavy atom. The van der Waals surface area contributed by atoms with Gasteiger partial charge in [-0.25, -0.2) is 0 Å². The quantitative estimate of drug-likeness (QED) is 0.779. The van der Waals surface area contributed by atoms with Gasteiger partial charge in [0.15, 0.2) is 0 Å². The number of para-hydroxylation sites is 1. The van der Waals surface area contributed by atoms with E-state index in [0.29, 0.717) is 0 Å². The maximum atomic E-state index is 8.42. The van der Waals surface area contributed by atoms with E-state index in [1.54, 1.807) is 0 Å². The van der Waals surface area contributed by atoms with Crippen molar-refractivity contribution in [3.63, 3.8) is 0 Å². The molecular formula is C9H10N2Se. The summed E-state index contributed by atoms with van der Waals surface area (Å²) in [5.74, 6) is 0.